The predicted octanol–water partition coefficient (Wildman–Crippen LogP) is 4.87. The van der Waals surface area contributed by atoms with Crippen molar-refractivity contribution in [2.24, 2.45) is 0 Å². The van der Waals surface area contributed by atoms with Gasteiger partial charge in [0.2, 0.25) is 0 Å². The van der Waals surface area contributed by atoms with Crippen LogP contribution in [0.25, 0.3) is 0 Å². The van der Waals surface area contributed by atoms with Gasteiger partial charge >= 0.3 is 5.97 Å². The number of aliphatic hydroxyl groups excluding tert-OH is 1. The van der Waals surface area contributed by atoms with Crippen molar-refractivity contribution in [3.8, 4) is 11.5 Å². The minimum atomic E-state index is -1.58. The monoisotopic (exact) mass is 492 g/mol. The second-order valence-electron chi connectivity index (χ2n) is 8.55. The van der Waals surface area contributed by atoms with Crippen molar-refractivity contribution in [2.45, 2.75) is 44.8 Å². The van der Waals surface area contributed by atoms with Gasteiger partial charge in [0, 0.05) is 0 Å². The van der Waals surface area contributed by atoms with Crippen molar-refractivity contribution in [3.63, 3.8) is 0 Å². The fourth-order valence-corrected chi connectivity index (χ4v) is 4.35. The molecule has 0 fully saturated rings. The van der Waals surface area contributed by atoms with Gasteiger partial charge in [-0.2, -0.15) is 0 Å². The maximum absolute atomic E-state index is 12.8. The van der Waals surface area contributed by atoms with Gasteiger partial charge in [0.15, 0.2) is 23.2 Å². The average molecular weight is 493 g/mol. The van der Waals surface area contributed by atoms with E-state index in [4.69, 9.17) is 18.9 Å². The summed E-state index contributed by atoms with van der Waals surface area (Å²) in [7, 11) is 4.45. The maximum Gasteiger partial charge on any atom is 0.338 e. The normalized spacial score (nSPS) is 12.2. The Hall–Kier alpha value is -3.35. The zero-order valence-electron chi connectivity index (χ0n) is 21.7. The highest BCUT2D eigenvalue weighted by Crippen LogP contribution is 2.39. The Labute approximate surface area is 213 Å². The third-order valence-electron chi connectivity index (χ3n) is 6.56. The van der Waals surface area contributed by atoms with Crippen LogP contribution in [0.15, 0.2) is 66.7 Å². The average Bonchev–Trinajstić information content (AvgIpc) is 2.94. The molecule has 1 N–H and O–H groups in total. The van der Waals surface area contributed by atoms with Crippen LogP contribution in [0.4, 0.5) is 0 Å². The molecular formula is C30H36O6. The van der Waals surface area contributed by atoms with E-state index >= 15 is 0 Å². The zero-order valence-corrected chi connectivity index (χ0v) is 21.7. The fourth-order valence-electron chi connectivity index (χ4n) is 4.35. The summed E-state index contributed by atoms with van der Waals surface area (Å²) in [5, 5.41) is 11.4. The molecule has 1 atom stereocenters. The van der Waals surface area contributed by atoms with Crippen LogP contribution in [-0.4, -0.2) is 45.1 Å². The van der Waals surface area contributed by atoms with Crippen LogP contribution in [0, 0.1) is 0 Å². The van der Waals surface area contributed by atoms with Gasteiger partial charge in [-0.25, -0.2) is 4.79 Å². The number of ether oxygens (including phenoxy) is 4. The molecule has 0 heterocycles. The van der Waals surface area contributed by atoms with Crippen LogP contribution in [0.2, 0.25) is 0 Å². The summed E-state index contributed by atoms with van der Waals surface area (Å²) in [6.07, 6.45) is 0.694. The maximum atomic E-state index is 12.8. The molecule has 6 heteroatoms. The van der Waals surface area contributed by atoms with Gasteiger partial charge in [0.25, 0.3) is 0 Å². The molecule has 6 nitrogen and oxygen atoms in total. The summed E-state index contributed by atoms with van der Waals surface area (Å²) in [5.74, 6) is 0.506. The summed E-state index contributed by atoms with van der Waals surface area (Å²) in [6.45, 7) is 4.39. The number of hydrogen-bond donors (Lipinski definition) is 1. The third kappa shape index (κ3) is 5.72. The molecule has 0 spiro atoms. The third-order valence-corrected chi connectivity index (χ3v) is 6.56. The van der Waals surface area contributed by atoms with E-state index in [0.29, 0.717) is 29.0 Å². The molecule has 0 aliphatic heterocycles. The van der Waals surface area contributed by atoms with E-state index in [2.05, 4.69) is 13.8 Å². The van der Waals surface area contributed by atoms with E-state index in [1.54, 1.807) is 14.2 Å². The number of carbonyl (C=O) groups excluding carboxylic acids is 1. The highest BCUT2D eigenvalue weighted by molar-refractivity contribution is 5.77. The molecule has 0 saturated carbocycles. The Morgan fingerprint density at radius 3 is 1.72 bits per heavy atom. The quantitative estimate of drug-likeness (QED) is 0.364. The van der Waals surface area contributed by atoms with Crippen LogP contribution in [0.1, 0.15) is 41.7 Å². The standard InChI is InChI=1S/C30H36O6/c1-6-21-8-13-24(14-9-21)30(28(31)29(32)35-5,25-15-10-22(7-2)11-16-25)36-19-18-23-12-17-26(33-3)27(20-23)34-4/h8-17,20,28,31H,6-7,18-19H2,1-5H3. The lowest BCUT2D eigenvalue weighted by Crippen LogP contribution is -2.48. The summed E-state index contributed by atoms with van der Waals surface area (Å²) >= 11 is 0. The Bertz CT molecular complexity index is 1070. The van der Waals surface area contributed by atoms with Gasteiger partial charge in [-0.1, -0.05) is 68.4 Å². The molecule has 0 bridgehead atoms. The molecule has 1 unspecified atom stereocenters. The summed E-state index contributed by atoms with van der Waals surface area (Å²) < 4.78 is 22.3. The Balaban J connectivity index is 2.05. The lowest BCUT2D eigenvalue weighted by Gasteiger charge is -2.38. The molecule has 3 rings (SSSR count). The largest absolute Gasteiger partial charge is 0.493 e. The van der Waals surface area contributed by atoms with Crippen LogP contribution in [0.3, 0.4) is 0 Å². The van der Waals surface area contributed by atoms with Crippen molar-refractivity contribution in [2.75, 3.05) is 27.9 Å². The Morgan fingerprint density at radius 2 is 1.28 bits per heavy atom. The summed E-state index contributed by atoms with van der Waals surface area (Å²) in [4.78, 5) is 12.8. The van der Waals surface area contributed by atoms with Gasteiger partial charge in [-0.15, -0.1) is 0 Å². The van der Waals surface area contributed by atoms with Gasteiger partial charge < -0.3 is 24.1 Å². The van der Waals surface area contributed by atoms with Crippen LogP contribution in [0.5, 0.6) is 11.5 Å². The molecule has 0 amide bonds. The van der Waals surface area contributed by atoms with E-state index < -0.39 is 17.7 Å². The molecule has 36 heavy (non-hydrogen) atoms. The number of aliphatic hydroxyl groups is 1. The first-order valence-electron chi connectivity index (χ1n) is 12.2. The topological polar surface area (TPSA) is 74.2 Å². The van der Waals surface area contributed by atoms with Crippen molar-refractivity contribution in [3.05, 3.63) is 94.5 Å². The number of rotatable bonds is 12. The highest BCUT2D eigenvalue weighted by atomic mass is 16.6. The van der Waals surface area contributed by atoms with Crippen LogP contribution >= 0.6 is 0 Å². The lowest BCUT2D eigenvalue weighted by molar-refractivity contribution is -0.170. The van der Waals surface area contributed by atoms with Gasteiger partial charge in [0.1, 0.15) is 0 Å². The Kier molecular flexibility index (Phi) is 9.51. The van der Waals surface area contributed by atoms with Gasteiger partial charge in [0.05, 0.1) is 27.9 Å². The molecule has 0 aliphatic carbocycles. The molecule has 3 aromatic carbocycles. The first kappa shape index (κ1) is 27.2. The second-order valence-corrected chi connectivity index (χ2v) is 8.55. The highest BCUT2D eigenvalue weighted by Gasteiger charge is 2.47. The summed E-state index contributed by atoms with van der Waals surface area (Å²) in [5.41, 5.74) is 3.15. The SMILES string of the molecule is CCc1ccc(C(OCCc2ccc(OC)c(OC)c2)(c2ccc(CC)cc2)C(O)C(=O)OC)cc1. The minimum Gasteiger partial charge on any atom is -0.493 e. The molecular weight excluding hydrogens is 456 g/mol. The molecule has 192 valence electrons. The molecule has 0 aromatic heterocycles. The molecule has 0 radical (unpaired) electrons. The van der Waals surface area contributed by atoms with Crippen molar-refractivity contribution < 1.29 is 28.8 Å². The number of benzene rings is 3. The first-order chi connectivity index (χ1) is 17.4. The van der Waals surface area contributed by atoms with Crippen LogP contribution in [-0.2, 0) is 39.1 Å². The van der Waals surface area contributed by atoms with E-state index in [-0.39, 0.29) is 6.61 Å². The number of hydrogen-bond acceptors (Lipinski definition) is 6. The van der Waals surface area contributed by atoms with E-state index in [9.17, 15) is 9.90 Å². The second kappa shape index (κ2) is 12.6. The smallest absolute Gasteiger partial charge is 0.338 e. The first-order valence-corrected chi connectivity index (χ1v) is 12.2. The summed E-state index contributed by atoms with van der Waals surface area (Å²) in [6, 6.07) is 21.3. The van der Waals surface area contributed by atoms with Crippen molar-refractivity contribution in [1.82, 2.24) is 0 Å². The fraction of sp³-hybridized carbons (Fsp3) is 0.367. The number of carbonyl (C=O) groups is 1. The number of aryl methyl sites for hydroxylation is 2. The van der Waals surface area contributed by atoms with E-state index in [0.717, 1.165) is 29.5 Å². The van der Waals surface area contributed by atoms with Gasteiger partial charge in [-0.3, -0.25) is 0 Å². The number of methoxy groups -OCH3 is 3. The van der Waals surface area contributed by atoms with E-state index in [1.165, 1.54) is 7.11 Å². The van der Waals surface area contributed by atoms with E-state index in [1.807, 2.05) is 66.7 Å². The molecule has 3 aromatic rings. The molecule has 0 saturated heterocycles. The lowest BCUT2D eigenvalue weighted by atomic mass is 9.80. The van der Waals surface area contributed by atoms with Gasteiger partial charge in [-0.05, 0) is 59.2 Å². The van der Waals surface area contributed by atoms with Crippen LogP contribution < -0.4 is 9.47 Å². The van der Waals surface area contributed by atoms with Crippen molar-refractivity contribution in [1.29, 1.82) is 0 Å². The zero-order chi connectivity index (χ0) is 26.1. The van der Waals surface area contributed by atoms with Crippen molar-refractivity contribution >= 4 is 5.97 Å². The minimum absolute atomic E-state index is 0.231. The Morgan fingerprint density at radius 1 is 0.778 bits per heavy atom. The predicted molar refractivity (Wildman–Crippen MR) is 140 cm³/mol. The molecule has 0 aliphatic rings. The number of esters is 1.